The number of alkyl carbamates (subject to hydrolysis) is 2. The van der Waals surface area contributed by atoms with Gasteiger partial charge in [-0.15, -0.1) is 0 Å². The van der Waals surface area contributed by atoms with Crippen LogP contribution in [0.1, 0.15) is 11.1 Å². The Morgan fingerprint density at radius 3 is 1.53 bits per heavy atom. The zero-order chi connectivity index (χ0) is 35.4. The van der Waals surface area contributed by atoms with Crippen LogP contribution in [-0.2, 0) is 41.8 Å². The summed E-state index contributed by atoms with van der Waals surface area (Å²) in [7, 11) is 6.50. The molecule has 14 heteroatoms. The minimum Gasteiger partial charge on any atom is -0.497 e. The number of carbonyl (C=O) groups excluding carboxylic acids is 4. The summed E-state index contributed by atoms with van der Waals surface area (Å²) in [5, 5.41) is 7.36. The number of hydrogen-bond acceptors (Lipinski definition) is 11. The fourth-order valence-corrected chi connectivity index (χ4v) is 6.67. The number of hydrogen-bond donors (Lipinski definition) is 2. The minimum absolute atomic E-state index is 0.0509. The molecule has 260 valence electrons. The Hall–Kier alpha value is -4.40. The second-order valence-electron chi connectivity index (χ2n) is 9.99. The lowest BCUT2D eigenvalue weighted by Gasteiger charge is -2.18. The fraction of sp³-hybridized carbons (Fsp3) is 0.257. The average molecular weight is 774 g/mol. The summed E-state index contributed by atoms with van der Waals surface area (Å²) in [6.07, 6.45) is -1.54. The smallest absolute Gasteiger partial charge is 0.408 e. The second-order valence-corrected chi connectivity index (χ2v) is 13.5. The van der Waals surface area contributed by atoms with Crippen molar-refractivity contribution in [1.29, 1.82) is 0 Å². The lowest BCUT2D eigenvalue weighted by Crippen LogP contribution is -2.44. The van der Waals surface area contributed by atoms with Crippen molar-refractivity contribution in [3.63, 3.8) is 0 Å². The zero-order valence-electron chi connectivity index (χ0n) is 27.1. The molecule has 0 aliphatic heterocycles. The van der Waals surface area contributed by atoms with Gasteiger partial charge in [0.05, 0.1) is 21.3 Å². The van der Waals surface area contributed by atoms with Crippen LogP contribution in [0.4, 0.5) is 9.59 Å². The van der Waals surface area contributed by atoms with Crippen LogP contribution in [0.3, 0.4) is 0 Å². The van der Waals surface area contributed by atoms with Crippen LogP contribution in [-0.4, -0.2) is 69.0 Å². The van der Waals surface area contributed by atoms with Gasteiger partial charge < -0.3 is 34.3 Å². The van der Waals surface area contributed by atoms with Crippen molar-refractivity contribution in [3.05, 3.63) is 113 Å². The van der Waals surface area contributed by atoms with Crippen molar-refractivity contribution in [2.75, 3.05) is 32.8 Å². The van der Waals surface area contributed by atoms with Crippen LogP contribution < -0.4 is 15.4 Å². The van der Waals surface area contributed by atoms with Crippen LogP contribution in [0, 0.1) is 0 Å². The fourth-order valence-electron chi connectivity index (χ4n) is 3.99. The second kappa shape index (κ2) is 21.5. The molecule has 0 aromatic heterocycles. The van der Waals surface area contributed by atoms with E-state index in [-0.39, 0.29) is 24.7 Å². The molecule has 0 fully saturated rings. The molecule has 2 atom stereocenters. The number of benzene rings is 4. The first-order valence-electron chi connectivity index (χ1n) is 14.8. The predicted octanol–water partition coefficient (Wildman–Crippen LogP) is 6.91. The minimum atomic E-state index is -0.976. The standard InChI is InChI=1S/C24H28N2O8S2.C11H9BrO/c1-31-21(27)19(25-23(29)33-13-17-9-5-3-6-10-17)15-35-36-16-20(22(28)32-2)26-24(30)34-14-18-11-7-4-8-12-18;1-13-11-5-3-8-6-10(12)4-2-9(8)7-11/h3-12,19-20H,13-16H2,1-2H3,(H,25,29)(H,26,30);2-7H,1H3/t19-,20-;/m0./s1. The van der Waals surface area contributed by atoms with Gasteiger partial charge in [0.1, 0.15) is 31.0 Å². The van der Waals surface area contributed by atoms with Gasteiger partial charge in [-0.1, -0.05) is 110 Å². The van der Waals surface area contributed by atoms with Crippen molar-refractivity contribution in [2.24, 2.45) is 0 Å². The molecule has 0 spiro atoms. The molecule has 2 amide bonds. The van der Waals surface area contributed by atoms with Crippen LogP contribution in [0.5, 0.6) is 5.75 Å². The van der Waals surface area contributed by atoms with Crippen molar-refractivity contribution in [3.8, 4) is 5.75 Å². The lowest BCUT2D eigenvalue weighted by atomic mass is 10.1. The molecule has 0 aliphatic rings. The van der Waals surface area contributed by atoms with Crippen LogP contribution in [0.2, 0.25) is 0 Å². The Morgan fingerprint density at radius 2 is 1.08 bits per heavy atom. The molecule has 0 saturated carbocycles. The average Bonchev–Trinajstić information content (AvgIpc) is 3.14. The molecule has 4 aromatic rings. The summed E-state index contributed by atoms with van der Waals surface area (Å²) in [5.74, 6) is -0.137. The summed E-state index contributed by atoms with van der Waals surface area (Å²) < 4.78 is 26.0. The molecule has 11 nitrogen and oxygen atoms in total. The van der Waals surface area contributed by atoms with Crippen molar-refractivity contribution in [2.45, 2.75) is 25.3 Å². The number of methoxy groups -OCH3 is 3. The molecule has 0 unspecified atom stereocenters. The highest BCUT2D eigenvalue weighted by Gasteiger charge is 2.25. The molecular weight excluding hydrogens is 736 g/mol. The number of rotatable bonds is 14. The molecule has 0 heterocycles. The highest BCUT2D eigenvalue weighted by molar-refractivity contribution is 9.10. The zero-order valence-corrected chi connectivity index (χ0v) is 30.3. The number of fused-ring (bicyclic) bond motifs is 1. The maximum Gasteiger partial charge on any atom is 0.408 e. The monoisotopic (exact) mass is 772 g/mol. The topological polar surface area (TPSA) is 138 Å². The van der Waals surface area contributed by atoms with Gasteiger partial charge in [0.15, 0.2) is 0 Å². The third kappa shape index (κ3) is 14.3. The van der Waals surface area contributed by atoms with Gasteiger partial charge in [0, 0.05) is 16.0 Å². The van der Waals surface area contributed by atoms with E-state index in [1.165, 1.54) is 46.6 Å². The van der Waals surface area contributed by atoms with E-state index in [9.17, 15) is 19.2 Å². The Labute approximate surface area is 301 Å². The van der Waals surface area contributed by atoms with Gasteiger partial charge in [0.25, 0.3) is 0 Å². The van der Waals surface area contributed by atoms with Gasteiger partial charge in [-0.05, 0) is 46.2 Å². The number of nitrogens with one attached hydrogen (secondary N) is 2. The number of amides is 2. The van der Waals surface area contributed by atoms with E-state index in [2.05, 4.69) is 44.8 Å². The largest absolute Gasteiger partial charge is 0.497 e. The van der Waals surface area contributed by atoms with E-state index >= 15 is 0 Å². The van der Waals surface area contributed by atoms with Crippen LogP contribution in [0.25, 0.3) is 10.8 Å². The predicted molar refractivity (Wildman–Crippen MR) is 194 cm³/mol. The van der Waals surface area contributed by atoms with E-state index in [4.69, 9.17) is 23.7 Å². The summed E-state index contributed by atoms with van der Waals surface area (Å²) >= 11 is 3.44. The summed E-state index contributed by atoms with van der Waals surface area (Å²) in [5.41, 5.74) is 1.60. The molecule has 49 heavy (non-hydrogen) atoms. The van der Waals surface area contributed by atoms with Gasteiger partial charge in [-0.2, -0.15) is 0 Å². The molecule has 4 aromatic carbocycles. The maximum atomic E-state index is 12.1. The van der Waals surface area contributed by atoms with Gasteiger partial charge in [-0.25, -0.2) is 19.2 Å². The van der Waals surface area contributed by atoms with Gasteiger partial charge >= 0.3 is 24.1 Å². The first-order valence-corrected chi connectivity index (χ1v) is 18.1. The van der Waals surface area contributed by atoms with Crippen molar-refractivity contribution >= 4 is 72.4 Å². The molecule has 2 N–H and O–H groups in total. The summed E-state index contributed by atoms with van der Waals surface area (Å²) in [6.45, 7) is 0.102. The van der Waals surface area contributed by atoms with Crippen molar-refractivity contribution in [1.82, 2.24) is 10.6 Å². The lowest BCUT2D eigenvalue weighted by molar-refractivity contribution is -0.143. The van der Waals surface area contributed by atoms with Crippen LogP contribution in [0.15, 0.2) is 102 Å². The molecule has 0 bridgehead atoms. The molecule has 0 saturated heterocycles. The number of ether oxygens (including phenoxy) is 5. The van der Waals surface area contributed by atoms with E-state index < -0.39 is 36.2 Å². The van der Waals surface area contributed by atoms with E-state index in [1.807, 2.05) is 54.6 Å². The van der Waals surface area contributed by atoms with Crippen LogP contribution >= 0.6 is 37.5 Å². The Kier molecular flexibility index (Phi) is 17.2. The summed E-state index contributed by atoms with van der Waals surface area (Å²) in [4.78, 5) is 48.4. The van der Waals surface area contributed by atoms with E-state index in [1.54, 1.807) is 31.4 Å². The number of halogens is 1. The Bertz CT molecular complexity index is 1570. The molecule has 0 radical (unpaired) electrons. The Morgan fingerprint density at radius 1 is 0.633 bits per heavy atom. The third-order valence-electron chi connectivity index (χ3n) is 6.54. The molecule has 4 rings (SSSR count). The van der Waals surface area contributed by atoms with E-state index in [0.717, 1.165) is 21.3 Å². The first kappa shape index (κ1) is 39.0. The number of esters is 2. The first-order chi connectivity index (χ1) is 23.7. The SMILES string of the molecule is COC(=O)[C@H](CSSC[C@H](NC(=O)OCc1ccccc1)C(=O)OC)NC(=O)OCc1ccccc1.COc1ccc2cc(Br)ccc2c1. The third-order valence-corrected chi connectivity index (χ3v) is 9.46. The van der Waals surface area contributed by atoms with Crippen molar-refractivity contribution < 1.29 is 42.9 Å². The quantitative estimate of drug-likeness (QED) is 0.0598. The van der Waals surface area contributed by atoms with E-state index in [0.29, 0.717) is 0 Å². The highest BCUT2D eigenvalue weighted by atomic mass is 79.9. The summed E-state index contributed by atoms with van der Waals surface area (Å²) in [6, 6.07) is 28.5. The van der Waals surface area contributed by atoms with Gasteiger partial charge in [0.2, 0.25) is 0 Å². The Balaban J connectivity index is 0.000000412. The van der Waals surface area contributed by atoms with Gasteiger partial charge in [-0.3, -0.25) is 0 Å². The highest BCUT2D eigenvalue weighted by Crippen LogP contribution is 2.25. The molecule has 0 aliphatic carbocycles. The normalized spacial score (nSPS) is 11.5. The maximum absolute atomic E-state index is 12.1. The number of carbonyl (C=O) groups is 4. The molecular formula is C35H37BrN2O9S2.